The van der Waals surface area contributed by atoms with Gasteiger partial charge in [0.25, 0.3) is 0 Å². The van der Waals surface area contributed by atoms with Crippen LogP contribution in [0.15, 0.2) is 39.5 Å². The highest BCUT2D eigenvalue weighted by molar-refractivity contribution is 5.90. The summed E-state index contributed by atoms with van der Waals surface area (Å²) in [5.41, 5.74) is -1.71. The number of benzene rings is 2. The van der Waals surface area contributed by atoms with Crippen LogP contribution in [0.2, 0.25) is 0 Å². The summed E-state index contributed by atoms with van der Waals surface area (Å²) < 4.78 is 32.6. The van der Waals surface area contributed by atoms with Crippen molar-refractivity contribution in [2.45, 2.75) is 67.8 Å². The molecular weight excluding hydrogens is 680 g/mol. The van der Waals surface area contributed by atoms with Gasteiger partial charge in [-0.15, -0.1) is 0 Å². The quantitative estimate of drug-likeness (QED) is 0.0565. The average Bonchev–Trinajstić information content (AvgIpc) is 3.06. The molecule has 0 spiro atoms. The Hall–Kier alpha value is -4.77. The number of carboxylic acid groups (broad SMARTS) is 1. The van der Waals surface area contributed by atoms with E-state index in [1.807, 2.05) is 0 Å². The van der Waals surface area contributed by atoms with Gasteiger partial charge in [0.15, 0.2) is 17.3 Å². The van der Waals surface area contributed by atoms with Crippen molar-refractivity contribution in [2.24, 2.45) is 0 Å². The minimum absolute atomic E-state index is 0.140. The zero-order chi connectivity index (χ0) is 36.6. The number of phenols is 3. The van der Waals surface area contributed by atoms with E-state index in [9.17, 15) is 65.4 Å². The van der Waals surface area contributed by atoms with E-state index in [4.69, 9.17) is 33.2 Å². The third-order valence-corrected chi connectivity index (χ3v) is 7.85. The Kier molecular flexibility index (Phi) is 10.7. The Bertz CT molecular complexity index is 1790. The van der Waals surface area contributed by atoms with Crippen LogP contribution in [0, 0.1) is 0 Å². The molecule has 0 saturated carbocycles. The first-order valence-corrected chi connectivity index (χ1v) is 14.7. The minimum Gasteiger partial charge on any atom is -0.507 e. The maximum absolute atomic E-state index is 13.9. The largest absolute Gasteiger partial charge is 0.507 e. The SMILES string of the molecule is O=C(O)CC(=O)OC[C@H]1O[C@@H](Oc2c(-c3ccc(O)c(O)c3)oc3cc(O[C@@H]4O[C@@H](CO)[C@@H](O)[C@H](O)[C@@H]4O)cc(O)c3c2=O)[C@@H](O)[C@@H](O)[C@@H]1O. The number of hydrogen-bond donors (Lipinski definition) is 11. The van der Waals surface area contributed by atoms with Gasteiger partial charge >= 0.3 is 11.9 Å². The summed E-state index contributed by atoms with van der Waals surface area (Å²) in [4.78, 5) is 36.4. The summed E-state index contributed by atoms with van der Waals surface area (Å²) >= 11 is 0. The Morgan fingerprint density at radius 1 is 0.740 bits per heavy atom. The number of rotatable bonds is 10. The van der Waals surface area contributed by atoms with Crippen LogP contribution in [0.3, 0.4) is 0 Å². The lowest BCUT2D eigenvalue weighted by Gasteiger charge is -2.39. The molecule has 10 atom stereocenters. The van der Waals surface area contributed by atoms with Gasteiger partial charge in [0.2, 0.25) is 23.8 Å². The average molecular weight is 713 g/mol. The van der Waals surface area contributed by atoms with Crippen molar-refractivity contribution >= 4 is 22.9 Å². The number of aliphatic hydroxyl groups is 7. The molecular formula is C30H32O20. The zero-order valence-electron chi connectivity index (χ0n) is 25.4. The van der Waals surface area contributed by atoms with E-state index in [2.05, 4.69) is 0 Å². The Balaban J connectivity index is 1.54. The predicted molar refractivity (Wildman–Crippen MR) is 158 cm³/mol. The lowest BCUT2D eigenvalue weighted by atomic mass is 9.99. The van der Waals surface area contributed by atoms with Gasteiger partial charge in [0.1, 0.15) is 84.3 Å². The van der Waals surface area contributed by atoms with Gasteiger partial charge in [-0.2, -0.15) is 0 Å². The highest BCUT2D eigenvalue weighted by Gasteiger charge is 2.47. The molecule has 3 aromatic rings. The van der Waals surface area contributed by atoms with Crippen molar-refractivity contribution in [3.05, 3.63) is 40.6 Å². The van der Waals surface area contributed by atoms with Gasteiger partial charge in [0, 0.05) is 17.7 Å². The molecule has 0 unspecified atom stereocenters. The molecule has 20 heteroatoms. The van der Waals surface area contributed by atoms with E-state index in [-0.39, 0.29) is 11.3 Å². The molecule has 1 aromatic heterocycles. The number of carboxylic acids is 1. The number of hydrogen-bond acceptors (Lipinski definition) is 19. The van der Waals surface area contributed by atoms with Gasteiger partial charge in [-0.3, -0.25) is 14.4 Å². The van der Waals surface area contributed by atoms with Gasteiger partial charge in [-0.05, 0) is 18.2 Å². The molecule has 2 aliphatic heterocycles. The summed E-state index contributed by atoms with van der Waals surface area (Å²) in [7, 11) is 0. The molecule has 2 fully saturated rings. The standard InChI is InChI=1S/C30H32O20/c31-7-15-20(38)23(41)25(43)29(48-15)46-10-4-13(34)19-14(5-10)47-27(9-1-2-11(32)12(33)3-9)28(22(19)40)50-30-26(44)24(42)21(39)16(49-30)8-45-18(37)6-17(35)36/h1-5,15-16,20-21,23-26,29-34,38-39,41-44H,6-8H2,(H,35,36)/t15-,16+,20+,21+,23-,24-,25-,26-,29+,30-/m0/s1. The van der Waals surface area contributed by atoms with Crippen LogP contribution < -0.4 is 14.9 Å². The highest BCUT2D eigenvalue weighted by Crippen LogP contribution is 2.40. The molecule has 0 bridgehead atoms. The van der Waals surface area contributed by atoms with Gasteiger partial charge in [0.05, 0.1) is 6.61 Å². The number of fused-ring (bicyclic) bond motifs is 1. The monoisotopic (exact) mass is 712 g/mol. The van der Waals surface area contributed by atoms with Crippen molar-refractivity contribution in [1.82, 2.24) is 0 Å². The van der Waals surface area contributed by atoms with Gasteiger partial charge in [-0.1, -0.05) is 0 Å². The van der Waals surface area contributed by atoms with Gasteiger partial charge in [-0.25, -0.2) is 0 Å². The minimum atomic E-state index is -2.07. The van der Waals surface area contributed by atoms with Crippen LogP contribution in [0.4, 0.5) is 0 Å². The second-order valence-electron chi connectivity index (χ2n) is 11.3. The van der Waals surface area contributed by atoms with Crippen molar-refractivity contribution in [3.8, 4) is 40.1 Å². The second kappa shape index (κ2) is 14.6. The number of aromatic hydroxyl groups is 3. The molecule has 20 nitrogen and oxygen atoms in total. The van der Waals surface area contributed by atoms with E-state index in [0.29, 0.717) is 0 Å². The van der Waals surface area contributed by atoms with Crippen LogP contribution in [0.5, 0.6) is 28.7 Å². The number of carbonyl (C=O) groups excluding carboxylic acids is 1. The molecule has 3 heterocycles. The molecule has 0 radical (unpaired) electrons. The summed E-state index contributed by atoms with van der Waals surface area (Å²) in [5.74, 6) is -6.46. The lowest BCUT2D eigenvalue weighted by Crippen LogP contribution is -2.60. The molecule has 5 rings (SSSR count). The van der Waals surface area contributed by atoms with Crippen LogP contribution in [-0.4, -0.2) is 143 Å². The van der Waals surface area contributed by atoms with Crippen LogP contribution in [0.25, 0.3) is 22.3 Å². The Labute approximate surface area is 278 Å². The fourth-order valence-electron chi connectivity index (χ4n) is 5.20. The van der Waals surface area contributed by atoms with Crippen LogP contribution in [-0.2, 0) is 23.8 Å². The number of aliphatic hydroxyl groups excluding tert-OH is 7. The van der Waals surface area contributed by atoms with E-state index < -0.39 is 138 Å². The number of carbonyl (C=O) groups is 2. The molecule has 0 amide bonds. The van der Waals surface area contributed by atoms with E-state index in [1.54, 1.807) is 0 Å². The molecule has 0 aliphatic carbocycles. The fourth-order valence-corrected chi connectivity index (χ4v) is 5.20. The fraction of sp³-hybridized carbons (Fsp3) is 0.433. The summed E-state index contributed by atoms with van der Waals surface area (Å²) in [6.45, 7) is -1.58. The zero-order valence-corrected chi connectivity index (χ0v) is 25.4. The van der Waals surface area contributed by atoms with Crippen molar-refractivity contribution in [2.75, 3.05) is 13.2 Å². The second-order valence-corrected chi connectivity index (χ2v) is 11.3. The van der Waals surface area contributed by atoms with E-state index in [0.717, 1.165) is 24.3 Å². The van der Waals surface area contributed by atoms with E-state index >= 15 is 0 Å². The van der Waals surface area contributed by atoms with Crippen LogP contribution in [0.1, 0.15) is 6.42 Å². The molecule has 50 heavy (non-hydrogen) atoms. The molecule has 2 aromatic carbocycles. The molecule has 272 valence electrons. The topological polar surface area (TPSA) is 333 Å². The number of esters is 1. The summed E-state index contributed by atoms with van der Waals surface area (Å²) in [6, 6.07) is 5.05. The maximum Gasteiger partial charge on any atom is 0.317 e. The van der Waals surface area contributed by atoms with E-state index in [1.165, 1.54) is 6.07 Å². The molecule has 2 saturated heterocycles. The number of aliphatic carboxylic acids is 1. The smallest absolute Gasteiger partial charge is 0.317 e. The van der Waals surface area contributed by atoms with Crippen LogP contribution >= 0.6 is 0 Å². The summed E-state index contributed by atoms with van der Waals surface area (Å²) in [6.07, 6.45) is -19.1. The highest BCUT2D eigenvalue weighted by atomic mass is 16.7. The third kappa shape index (κ3) is 7.23. The normalized spacial score (nSPS) is 29.7. The predicted octanol–water partition coefficient (Wildman–Crippen LogP) is -3.04. The molecule has 2 aliphatic rings. The van der Waals surface area contributed by atoms with Gasteiger partial charge < -0.3 is 84.3 Å². The van der Waals surface area contributed by atoms with Crippen molar-refractivity contribution in [3.63, 3.8) is 0 Å². The number of phenolic OH excluding ortho intramolecular Hbond substituents is 3. The van der Waals surface area contributed by atoms with Crippen molar-refractivity contribution in [1.29, 1.82) is 0 Å². The lowest BCUT2D eigenvalue weighted by molar-refractivity contribution is -0.278. The third-order valence-electron chi connectivity index (χ3n) is 7.85. The Morgan fingerprint density at radius 2 is 1.36 bits per heavy atom. The first-order chi connectivity index (χ1) is 23.6. The van der Waals surface area contributed by atoms with Crippen molar-refractivity contribution < 1.29 is 93.9 Å². The Morgan fingerprint density at radius 3 is 1.98 bits per heavy atom. The first kappa shape index (κ1) is 36.5. The number of ether oxygens (including phenoxy) is 5. The summed E-state index contributed by atoms with van der Waals surface area (Å²) in [5, 5.41) is 111. The first-order valence-electron chi connectivity index (χ1n) is 14.7. The maximum atomic E-state index is 13.9. The molecule has 11 N–H and O–H groups in total.